The molecule has 0 heterocycles. The Bertz CT molecular complexity index is 330. The second-order valence-corrected chi connectivity index (χ2v) is 2.83. The lowest BCUT2D eigenvalue weighted by atomic mass is 10.1. The fraction of sp³-hybridized carbons (Fsp3) is 0.333. The molecule has 5 heteroatoms. The van der Waals surface area contributed by atoms with Crippen molar-refractivity contribution in [3.05, 3.63) is 23.5 Å². The Morgan fingerprint density at radius 1 is 1.57 bits per heavy atom. The summed E-state index contributed by atoms with van der Waals surface area (Å²) >= 11 is 0. The normalized spacial score (nSPS) is 12.6. The van der Waals surface area contributed by atoms with E-state index >= 15 is 0 Å². The number of phenols is 1. The highest BCUT2D eigenvalue weighted by Crippen LogP contribution is 2.33. The molecule has 4 N–H and O–H groups in total. The van der Waals surface area contributed by atoms with Gasteiger partial charge < -0.3 is 20.7 Å². The van der Waals surface area contributed by atoms with E-state index in [0.717, 1.165) is 12.1 Å². The van der Waals surface area contributed by atoms with Gasteiger partial charge >= 0.3 is 0 Å². The van der Waals surface area contributed by atoms with Crippen molar-refractivity contribution in [1.82, 2.24) is 0 Å². The Morgan fingerprint density at radius 3 is 2.71 bits per heavy atom. The number of ether oxygens (including phenoxy) is 1. The lowest BCUT2D eigenvalue weighted by Crippen LogP contribution is -2.15. The van der Waals surface area contributed by atoms with E-state index in [4.69, 9.17) is 15.6 Å². The topological polar surface area (TPSA) is 75.7 Å². The highest BCUT2D eigenvalue weighted by Gasteiger charge is 2.17. The first-order valence-electron chi connectivity index (χ1n) is 4.03. The van der Waals surface area contributed by atoms with Gasteiger partial charge in [-0.15, -0.1) is 0 Å². The van der Waals surface area contributed by atoms with E-state index in [0.29, 0.717) is 0 Å². The summed E-state index contributed by atoms with van der Waals surface area (Å²) in [7, 11) is 1.34. The minimum atomic E-state index is -0.787. The molecule has 14 heavy (non-hydrogen) atoms. The molecule has 1 atom stereocenters. The van der Waals surface area contributed by atoms with E-state index < -0.39 is 11.9 Å². The fourth-order valence-electron chi connectivity index (χ4n) is 1.21. The van der Waals surface area contributed by atoms with Crippen LogP contribution in [0, 0.1) is 5.82 Å². The van der Waals surface area contributed by atoms with Crippen molar-refractivity contribution in [3.63, 3.8) is 0 Å². The number of aliphatic hydroxyl groups excluding tert-OH is 1. The average molecular weight is 201 g/mol. The number of phenolic OH excluding ortho intramolecular Hbond substituents is 1. The molecule has 0 radical (unpaired) electrons. The number of rotatable bonds is 3. The molecule has 4 nitrogen and oxygen atoms in total. The Balaban J connectivity index is 3.24. The molecule has 1 aromatic carbocycles. The molecule has 0 fully saturated rings. The zero-order valence-corrected chi connectivity index (χ0v) is 7.70. The van der Waals surface area contributed by atoms with Crippen LogP contribution in [0.3, 0.4) is 0 Å². The van der Waals surface area contributed by atoms with Gasteiger partial charge in [0.15, 0.2) is 0 Å². The Kier molecular flexibility index (Phi) is 3.27. The molecule has 0 aliphatic heterocycles. The number of methoxy groups -OCH3 is 1. The van der Waals surface area contributed by atoms with Crippen molar-refractivity contribution in [3.8, 4) is 11.5 Å². The summed E-state index contributed by atoms with van der Waals surface area (Å²) in [6.07, 6.45) is 0. The van der Waals surface area contributed by atoms with E-state index in [9.17, 15) is 9.50 Å². The number of hydrogen-bond acceptors (Lipinski definition) is 4. The van der Waals surface area contributed by atoms with Gasteiger partial charge in [-0.3, -0.25) is 0 Å². The van der Waals surface area contributed by atoms with Gasteiger partial charge in [-0.1, -0.05) is 0 Å². The summed E-state index contributed by atoms with van der Waals surface area (Å²) in [6, 6.07) is 1.24. The monoisotopic (exact) mass is 201 g/mol. The molecule has 1 rings (SSSR count). The molecule has 1 aromatic rings. The summed E-state index contributed by atoms with van der Waals surface area (Å²) < 4.78 is 17.7. The smallest absolute Gasteiger partial charge is 0.130 e. The molecule has 0 saturated heterocycles. The molecule has 0 aromatic heterocycles. The van der Waals surface area contributed by atoms with Crippen LogP contribution in [-0.4, -0.2) is 23.9 Å². The van der Waals surface area contributed by atoms with Crippen molar-refractivity contribution in [2.24, 2.45) is 5.73 Å². The molecular formula is C9H12FNO3. The molecule has 78 valence electrons. The van der Waals surface area contributed by atoms with E-state index in [1.807, 2.05) is 0 Å². The van der Waals surface area contributed by atoms with Crippen molar-refractivity contribution in [2.45, 2.75) is 6.04 Å². The number of halogens is 1. The Labute approximate surface area is 80.7 Å². The first kappa shape index (κ1) is 10.7. The Hall–Kier alpha value is -1.33. The van der Waals surface area contributed by atoms with E-state index in [2.05, 4.69) is 0 Å². The maximum absolute atomic E-state index is 12.8. The number of nitrogens with two attached hydrogens (primary N) is 1. The number of benzene rings is 1. The predicted molar refractivity (Wildman–Crippen MR) is 48.6 cm³/mol. The van der Waals surface area contributed by atoms with Gasteiger partial charge in [0.05, 0.1) is 25.3 Å². The lowest BCUT2D eigenvalue weighted by Gasteiger charge is -2.14. The second-order valence-electron chi connectivity index (χ2n) is 2.83. The minimum Gasteiger partial charge on any atom is -0.507 e. The lowest BCUT2D eigenvalue weighted by molar-refractivity contribution is 0.261. The van der Waals surface area contributed by atoms with E-state index in [1.165, 1.54) is 7.11 Å². The summed E-state index contributed by atoms with van der Waals surface area (Å²) in [6.45, 7) is -0.352. The first-order valence-corrected chi connectivity index (χ1v) is 4.03. The van der Waals surface area contributed by atoms with Crippen LogP contribution in [0.4, 0.5) is 4.39 Å². The minimum absolute atomic E-state index is 0.129. The van der Waals surface area contributed by atoms with Crippen LogP contribution in [0.1, 0.15) is 11.6 Å². The molecule has 0 amide bonds. The van der Waals surface area contributed by atoms with Crippen LogP contribution in [0.5, 0.6) is 11.5 Å². The van der Waals surface area contributed by atoms with Gasteiger partial charge in [0.25, 0.3) is 0 Å². The van der Waals surface area contributed by atoms with Gasteiger partial charge in [-0.2, -0.15) is 0 Å². The van der Waals surface area contributed by atoms with Gasteiger partial charge in [0.1, 0.15) is 17.3 Å². The maximum Gasteiger partial charge on any atom is 0.130 e. The number of hydrogen-bond donors (Lipinski definition) is 3. The summed E-state index contributed by atoms with van der Waals surface area (Å²) in [4.78, 5) is 0. The number of aliphatic hydroxyl groups is 1. The predicted octanol–water partition coefficient (Wildman–Crippen LogP) is 0.532. The molecule has 1 unspecified atom stereocenters. The maximum atomic E-state index is 12.8. The Morgan fingerprint density at radius 2 is 2.21 bits per heavy atom. The molecular weight excluding hydrogens is 189 g/mol. The molecule has 0 spiro atoms. The third kappa shape index (κ3) is 1.94. The van der Waals surface area contributed by atoms with Crippen molar-refractivity contribution in [1.29, 1.82) is 0 Å². The van der Waals surface area contributed by atoms with Gasteiger partial charge in [0, 0.05) is 12.1 Å². The van der Waals surface area contributed by atoms with Crippen molar-refractivity contribution >= 4 is 0 Å². The van der Waals surface area contributed by atoms with E-state index in [1.54, 1.807) is 0 Å². The highest BCUT2D eigenvalue weighted by molar-refractivity contribution is 5.46. The molecule has 0 bridgehead atoms. The van der Waals surface area contributed by atoms with Crippen LogP contribution < -0.4 is 10.5 Å². The second kappa shape index (κ2) is 4.26. The quantitative estimate of drug-likeness (QED) is 0.666. The average Bonchev–Trinajstić information content (AvgIpc) is 2.15. The SMILES string of the molecule is COc1cc(F)cc(O)c1C(N)CO. The standard InChI is InChI=1S/C9H12FNO3/c1-14-8-3-5(10)2-7(13)9(8)6(11)4-12/h2-3,6,12-13H,4,11H2,1H3. The van der Waals surface area contributed by atoms with Crippen molar-refractivity contribution in [2.75, 3.05) is 13.7 Å². The van der Waals surface area contributed by atoms with Crippen LogP contribution in [0.25, 0.3) is 0 Å². The zero-order chi connectivity index (χ0) is 10.7. The third-order valence-electron chi connectivity index (χ3n) is 1.87. The van der Waals surface area contributed by atoms with Gasteiger partial charge in [-0.05, 0) is 0 Å². The summed E-state index contributed by atoms with van der Waals surface area (Å²) in [5.41, 5.74) is 5.71. The van der Waals surface area contributed by atoms with Crippen LogP contribution in [0.15, 0.2) is 12.1 Å². The molecule has 0 saturated carbocycles. The first-order chi connectivity index (χ1) is 6.60. The molecule has 0 aliphatic rings. The summed E-state index contributed by atoms with van der Waals surface area (Å²) in [5.74, 6) is -0.805. The van der Waals surface area contributed by atoms with Crippen LogP contribution >= 0.6 is 0 Å². The summed E-state index contributed by atoms with van der Waals surface area (Å²) in [5, 5.41) is 18.2. The fourth-order valence-corrected chi connectivity index (χ4v) is 1.21. The van der Waals surface area contributed by atoms with Gasteiger partial charge in [-0.25, -0.2) is 4.39 Å². The van der Waals surface area contributed by atoms with Crippen molar-refractivity contribution < 1.29 is 19.3 Å². The van der Waals surface area contributed by atoms with E-state index in [-0.39, 0.29) is 23.7 Å². The molecule has 0 aliphatic carbocycles. The largest absolute Gasteiger partial charge is 0.507 e. The van der Waals surface area contributed by atoms with Crippen LogP contribution in [0.2, 0.25) is 0 Å². The number of aromatic hydroxyl groups is 1. The highest BCUT2D eigenvalue weighted by atomic mass is 19.1. The third-order valence-corrected chi connectivity index (χ3v) is 1.87. The van der Waals surface area contributed by atoms with Gasteiger partial charge in [0.2, 0.25) is 0 Å². The van der Waals surface area contributed by atoms with Crippen LogP contribution in [-0.2, 0) is 0 Å². The zero-order valence-electron chi connectivity index (χ0n) is 7.70.